The van der Waals surface area contributed by atoms with E-state index in [1.807, 2.05) is 6.07 Å². The molecule has 1 aromatic rings. The van der Waals surface area contributed by atoms with E-state index in [1.54, 1.807) is 52.0 Å². The highest BCUT2D eigenvalue weighted by Gasteiger charge is 2.62. The van der Waals surface area contributed by atoms with Gasteiger partial charge in [-0.15, -0.1) is 0 Å². The van der Waals surface area contributed by atoms with Gasteiger partial charge in [-0.3, -0.25) is 0 Å². The molecule has 3 fully saturated rings. The molecule has 136 valence electrons. The van der Waals surface area contributed by atoms with Crippen LogP contribution in [0.2, 0.25) is 0 Å². The lowest BCUT2D eigenvalue weighted by atomic mass is 9.99. The van der Waals surface area contributed by atoms with Crippen LogP contribution in [0, 0.1) is 0 Å². The van der Waals surface area contributed by atoms with Gasteiger partial charge < -0.3 is 28.4 Å². The summed E-state index contributed by atoms with van der Waals surface area (Å²) in [4.78, 5) is 12.7. The third kappa shape index (κ3) is 3.18. The van der Waals surface area contributed by atoms with Gasteiger partial charge in [0.2, 0.25) is 0 Å². The van der Waals surface area contributed by atoms with Crippen LogP contribution < -0.4 is 4.74 Å². The summed E-state index contributed by atoms with van der Waals surface area (Å²) < 4.78 is 34.9. The van der Waals surface area contributed by atoms with Crippen molar-refractivity contribution in [2.45, 2.75) is 70.0 Å². The Morgan fingerprint density at radius 1 is 0.880 bits per heavy atom. The van der Waals surface area contributed by atoms with Gasteiger partial charge in [-0.05, 0) is 39.8 Å². The largest absolute Gasteiger partial charge is 0.425 e. The van der Waals surface area contributed by atoms with Gasteiger partial charge in [0.1, 0.15) is 24.1 Å². The van der Waals surface area contributed by atoms with Gasteiger partial charge in [0.25, 0.3) is 0 Å². The molecule has 3 heterocycles. The Bertz CT molecular complexity index is 657. The SMILES string of the molecule is CC1(C)O[C@@H]2O[C@H](C(=O)Oc3ccccc3)[C@@H]3OC(C)(C)O[C@@H]3[C@@H]2O1. The third-order valence-electron chi connectivity index (χ3n) is 4.35. The van der Waals surface area contributed by atoms with Gasteiger partial charge in [0.05, 0.1) is 0 Å². The summed E-state index contributed by atoms with van der Waals surface area (Å²) in [5, 5.41) is 0. The zero-order chi connectivity index (χ0) is 17.8. The molecule has 0 aliphatic carbocycles. The maximum Gasteiger partial charge on any atom is 0.343 e. The number of rotatable bonds is 2. The van der Waals surface area contributed by atoms with Crippen LogP contribution in [-0.4, -0.2) is 48.2 Å². The summed E-state index contributed by atoms with van der Waals surface area (Å²) in [5.74, 6) is -1.78. The minimum atomic E-state index is -0.967. The Morgan fingerprint density at radius 2 is 1.48 bits per heavy atom. The predicted molar refractivity (Wildman–Crippen MR) is 84.6 cm³/mol. The van der Waals surface area contributed by atoms with Crippen molar-refractivity contribution in [3.8, 4) is 5.75 Å². The summed E-state index contributed by atoms with van der Waals surface area (Å²) in [7, 11) is 0. The average molecular weight is 350 g/mol. The Kier molecular flexibility index (Phi) is 3.90. The summed E-state index contributed by atoms with van der Waals surface area (Å²) in [5.41, 5.74) is 0. The first-order valence-electron chi connectivity index (χ1n) is 8.38. The van der Waals surface area contributed by atoms with Crippen LogP contribution in [-0.2, 0) is 28.5 Å². The minimum Gasteiger partial charge on any atom is -0.425 e. The first-order valence-corrected chi connectivity index (χ1v) is 8.38. The lowest BCUT2D eigenvalue weighted by molar-refractivity contribution is -0.236. The van der Waals surface area contributed by atoms with E-state index in [-0.39, 0.29) is 0 Å². The van der Waals surface area contributed by atoms with Crippen LogP contribution in [0.3, 0.4) is 0 Å². The fourth-order valence-corrected chi connectivity index (χ4v) is 3.46. The van der Waals surface area contributed by atoms with Gasteiger partial charge in [0.15, 0.2) is 24.0 Å². The molecule has 3 aliphatic heterocycles. The van der Waals surface area contributed by atoms with Crippen molar-refractivity contribution in [3.63, 3.8) is 0 Å². The van der Waals surface area contributed by atoms with E-state index in [9.17, 15) is 4.79 Å². The van der Waals surface area contributed by atoms with Gasteiger partial charge in [-0.1, -0.05) is 18.2 Å². The van der Waals surface area contributed by atoms with Crippen molar-refractivity contribution in [2.24, 2.45) is 0 Å². The number of carbonyl (C=O) groups excluding carboxylic acids is 1. The van der Waals surface area contributed by atoms with Gasteiger partial charge in [-0.25, -0.2) is 4.79 Å². The molecule has 4 rings (SSSR count). The zero-order valence-electron chi connectivity index (χ0n) is 14.6. The number of carbonyl (C=O) groups is 1. The van der Waals surface area contributed by atoms with E-state index in [2.05, 4.69) is 0 Å². The van der Waals surface area contributed by atoms with Crippen LogP contribution >= 0.6 is 0 Å². The number of esters is 1. The smallest absolute Gasteiger partial charge is 0.343 e. The highest BCUT2D eigenvalue weighted by Crippen LogP contribution is 2.44. The number of para-hydroxylation sites is 1. The van der Waals surface area contributed by atoms with Crippen molar-refractivity contribution in [1.82, 2.24) is 0 Å². The van der Waals surface area contributed by atoms with Crippen molar-refractivity contribution in [2.75, 3.05) is 0 Å². The van der Waals surface area contributed by atoms with Crippen LogP contribution in [0.1, 0.15) is 27.7 Å². The normalized spacial score (nSPS) is 38.0. The number of fused-ring (bicyclic) bond motifs is 3. The second-order valence-corrected chi connectivity index (χ2v) is 7.32. The number of ether oxygens (including phenoxy) is 6. The molecule has 0 bridgehead atoms. The zero-order valence-corrected chi connectivity index (χ0v) is 14.6. The first-order chi connectivity index (χ1) is 11.7. The summed E-state index contributed by atoms with van der Waals surface area (Å²) in [6, 6.07) is 8.83. The lowest BCUT2D eigenvalue weighted by Crippen LogP contribution is -2.58. The fourth-order valence-electron chi connectivity index (χ4n) is 3.46. The highest BCUT2D eigenvalue weighted by atomic mass is 16.9. The molecule has 7 nitrogen and oxygen atoms in total. The van der Waals surface area contributed by atoms with Crippen LogP contribution in [0.4, 0.5) is 0 Å². The van der Waals surface area contributed by atoms with E-state index in [0.717, 1.165) is 0 Å². The Hall–Kier alpha value is -1.51. The van der Waals surface area contributed by atoms with Crippen molar-refractivity contribution < 1.29 is 33.2 Å². The molecular weight excluding hydrogens is 328 g/mol. The molecule has 0 spiro atoms. The molecule has 0 amide bonds. The second-order valence-electron chi connectivity index (χ2n) is 7.32. The molecule has 3 saturated heterocycles. The van der Waals surface area contributed by atoms with Crippen LogP contribution in [0.15, 0.2) is 30.3 Å². The van der Waals surface area contributed by atoms with E-state index < -0.39 is 48.2 Å². The van der Waals surface area contributed by atoms with E-state index in [0.29, 0.717) is 5.75 Å². The van der Waals surface area contributed by atoms with Crippen LogP contribution in [0.5, 0.6) is 5.75 Å². The minimum absolute atomic E-state index is 0.442. The van der Waals surface area contributed by atoms with Gasteiger partial charge in [0, 0.05) is 0 Å². The Labute approximate surface area is 146 Å². The first kappa shape index (κ1) is 16.9. The molecule has 0 unspecified atom stereocenters. The Balaban J connectivity index is 1.58. The number of hydrogen-bond donors (Lipinski definition) is 0. The van der Waals surface area contributed by atoms with Crippen molar-refractivity contribution in [1.29, 1.82) is 0 Å². The summed E-state index contributed by atoms with van der Waals surface area (Å²) in [6.07, 6.45) is -3.27. The molecular formula is C18H22O7. The Morgan fingerprint density at radius 3 is 2.20 bits per heavy atom. The monoisotopic (exact) mass is 350 g/mol. The molecule has 0 N–H and O–H groups in total. The van der Waals surface area contributed by atoms with Gasteiger partial charge >= 0.3 is 5.97 Å². The van der Waals surface area contributed by atoms with Crippen molar-refractivity contribution >= 4 is 5.97 Å². The lowest BCUT2D eigenvalue weighted by Gasteiger charge is -2.35. The fraction of sp³-hybridized carbons (Fsp3) is 0.611. The second kappa shape index (κ2) is 5.75. The van der Waals surface area contributed by atoms with Crippen LogP contribution in [0.25, 0.3) is 0 Å². The topological polar surface area (TPSA) is 72.5 Å². The quantitative estimate of drug-likeness (QED) is 0.596. The van der Waals surface area contributed by atoms with E-state index in [1.165, 1.54) is 0 Å². The molecule has 25 heavy (non-hydrogen) atoms. The molecule has 0 radical (unpaired) electrons. The highest BCUT2D eigenvalue weighted by molar-refractivity contribution is 5.78. The number of hydrogen-bond acceptors (Lipinski definition) is 7. The molecule has 1 aromatic carbocycles. The molecule has 5 atom stereocenters. The summed E-state index contributed by atoms with van der Waals surface area (Å²) >= 11 is 0. The average Bonchev–Trinajstić information content (AvgIpc) is 3.01. The van der Waals surface area contributed by atoms with E-state index >= 15 is 0 Å². The standard InChI is InChI=1S/C18H22O7/c1-17(2)22-11-12(23-17)14-16(25-18(3,4)24-14)21-13(11)15(19)20-10-8-6-5-7-9-10/h5-9,11-14,16H,1-4H3/t11-,12+,13+,14+,16+/m1/s1. The summed E-state index contributed by atoms with van der Waals surface area (Å²) in [6.45, 7) is 7.17. The third-order valence-corrected chi connectivity index (χ3v) is 4.35. The predicted octanol–water partition coefficient (Wildman–Crippen LogP) is 1.99. The molecule has 3 aliphatic rings. The van der Waals surface area contributed by atoms with Crippen molar-refractivity contribution in [3.05, 3.63) is 30.3 Å². The molecule has 0 saturated carbocycles. The van der Waals surface area contributed by atoms with E-state index in [4.69, 9.17) is 28.4 Å². The molecule has 0 aromatic heterocycles. The van der Waals surface area contributed by atoms with Gasteiger partial charge in [-0.2, -0.15) is 0 Å². The maximum absolute atomic E-state index is 12.7. The number of benzene rings is 1. The molecule has 7 heteroatoms. The maximum atomic E-state index is 12.7.